The van der Waals surface area contributed by atoms with Crippen LogP contribution >= 0.6 is 11.6 Å². The quantitative estimate of drug-likeness (QED) is 0.799. The maximum Gasteiger partial charge on any atom is 0.428 e. The summed E-state index contributed by atoms with van der Waals surface area (Å²) in [5, 5.41) is 0.457. The number of fused-ring (bicyclic) bond motifs is 1. The lowest BCUT2D eigenvalue weighted by Crippen LogP contribution is -2.26. The fourth-order valence-electron chi connectivity index (χ4n) is 2.75. The topological polar surface area (TPSA) is 55.7 Å². The molecular weight excluding hydrogens is 286 g/mol. The maximum absolute atomic E-state index is 11.7. The molecule has 4 nitrogen and oxygen atoms in total. The molecule has 1 fully saturated rings. The van der Waals surface area contributed by atoms with E-state index in [2.05, 4.69) is 4.40 Å². The Morgan fingerprint density at radius 3 is 2.68 bits per heavy atom. The Balaban J connectivity index is 2.08. The van der Waals surface area contributed by atoms with Crippen molar-refractivity contribution in [3.8, 4) is 5.75 Å². The molecule has 6 heteroatoms. The van der Waals surface area contributed by atoms with Crippen LogP contribution in [0.2, 0.25) is 5.02 Å². The summed E-state index contributed by atoms with van der Waals surface area (Å²) in [7, 11) is -3.88. The van der Waals surface area contributed by atoms with Crippen molar-refractivity contribution in [2.24, 2.45) is 10.3 Å². The standard InChI is InChI=1S/C13H14ClNO3S/c14-10-6-7-11-12(8-10)18-19(16,17)15-13(11)9-4-2-1-3-5-9/h6-9H,1-5H2. The van der Waals surface area contributed by atoms with Crippen molar-refractivity contribution in [1.82, 2.24) is 0 Å². The van der Waals surface area contributed by atoms with Crippen LogP contribution in [0.3, 0.4) is 0 Å². The van der Waals surface area contributed by atoms with Gasteiger partial charge in [0, 0.05) is 22.6 Å². The SMILES string of the molecule is O=S1(=O)N=C(C2CCCCC2)c2ccc(Cl)cc2O1. The number of benzene rings is 1. The van der Waals surface area contributed by atoms with E-state index in [4.69, 9.17) is 15.8 Å². The van der Waals surface area contributed by atoms with Gasteiger partial charge in [0.05, 0.1) is 5.71 Å². The van der Waals surface area contributed by atoms with Gasteiger partial charge < -0.3 is 4.18 Å². The van der Waals surface area contributed by atoms with E-state index in [0.29, 0.717) is 16.5 Å². The minimum absolute atomic E-state index is 0.201. The molecule has 1 aliphatic heterocycles. The molecule has 3 rings (SSSR count). The predicted molar refractivity (Wildman–Crippen MR) is 74.1 cm³/mol. The molecule has 0 saturated heterocycles. The van der Waals surface area contributed by atoms with Crippen LogP contribution < -0.4 is 4.18 Å². The van der Waals surface area contributed by atoms with Crippen molar-refractivity contribution in [2.75, 3.05) is 0 Å². The molecule has 0 unspecified atom stereocenters. The second-order valence-electron chi connectivity index (χ2n) is 4.96. The van der Waals surface area contributed by atoms with Gasteiger partial charge in [0.2, 0.25) is 0 Å². The van der Waals surface area contributed by atoms with Crippen LogP contribution in [0.25, 0.3) is 0 Å². The summed E-state index contributed by atoms with van der Waals surface area (Å²) < 4.78 is 32.2. The molecule has 1 aromatic carbocycles. The molecule has 0 N–H and O–H groups in total. The molecule has 0 spiro atoms. The summed E-state index contributed by atoms with van der Waals surface area (Å²) in [4.78, 5) is 0. The lowest BCUT2D eigenvalue weighted by atomic mass is 9.83. The second-order valence-corrected chi connectivity index (χ2v) is 6.60. The summed E-state index contributed by atoms with van der Waals surface area (Å²) in [6.07, 6.45) is 5.41. The first-order valence-corrected chi connectivity index (χ1v) is 8.14. The first-order chi connectivity index (χ1) is 9.05. The van der Waals surface area contributed by atoms with Gasteiger partial charge in [0.25, 0.3) is 0 Å². The molecule has 0 radical (unpaired) electrons. The van der Waals surface area contributed by atoms with Crippen LogP contribution in [0.4, 0.5) is 0 Å². The molecule has 1 saturated carbocycles. The van der Waals surface area contributed by atoms with Gasteiger partial charge in [-0.2, -0.15) is 8.42 Å². The van der Waals surface area contributed by atoms with Crippen LogP contribution in [-0.4, -0.2) is 14.1 Å². The highest BCUT2D eigenvalue weighted by molar-refractivity contribution is 7.86. The van der Waals surface area contributed by atoms with Crippen LogP contribution in [0, 0.1) is 5.92 Å². The number of hydrogen-bond acceptors (Lipinski definition) is 3. The maximum atomic E-state index is 11.7. The molecule has 0 aromatic heterocycles. The van der Waals surface area contributed by atoms with Crippen LogP contribution in [0.1, 0.15) is 37.7 Å². The van der Waals surface area contributed by atoms with Gasteiger partial charge >= 0.3 is 10.3 Å². The van der Waals surface area contributed by atoms with E-state index < -0.39 is 10.3 Å². The van der Waals surface area contributed by atoms with Gasteiger partial charge in [-0.15, -0.1) is 4.40 Å². The van der Waals surface area contributed by atoms with Crippen molar-refractivity contribution in [2.45, 2.75) is 32.1 Å². The third-order valence-corrected chi connectivity index (χ3v) is 4.66. The summed E-state index contributed by atoms with van der Waals surface area (Å²) in [5.41, 5.74) is 1.39. The minimum Gasteiger partial charge on any atom is -0.365 e. The smallest absolute Gasteiger partial charge is 0.365 e. The number of halogens is 1. The van der Waals surface area contributed by atoms with Crippen molar-refractivity contribution < 1.29 is 12.6 Å². The Morgan fingerprint density at radius 2 is 1.95 bits per heavy atom. The largest absolute Gasteiger partial charge is 0.428 e. The predicted octanol–water partition coefficient (Wildman–Crippen LogP) is 3.35. The van der Waals surface area contributed by atoms with Gasteiger partial charge in [0.1, 0.15) is 0 Å². The molecule has 2 aliphatic rings. The second kappa shape index (κ2) is 4.80. The van der Waals surface area contributed by atoms with E-state index in [-0.39, 0.29) is 5.92 Å². The fraction of sp³-hybridized carbons (Fsp3) is 0.462. The third-order valence-electron chi connectivity index (χ3n) is 3.62. The molecule has 1 heterocycles. The molecular formula is C13H14ClNO3S. The average molecular weight is 300 g/mol. The number of hydrogen-bond donors (Lipinski definition) is 0. The highest BCUT2D eigenvalue weighted by atomic mass is 35.5. The molecule has 19 heavy (non-hydrogen) atoms. The lowest BCUT2D eigenvalue weighted by molar-refractivity contribution is 0.435. The third kappa shape index (κ3) is 2.62. The van der Waals surface area contributed by atoms with Gasteiger partial charge in [-0.1, -0.05) is 30.9 Å². The summed E-state index contributed by atoms with van der Waals surface area (Å²) in [6, 6.07) is 5.06. The van der Waals surface area contributed by atoms with Crippen molar-refractivity contribution in [1.29, 1.82) is 0 Å². The minimum atomic E-state index is -3.88. The van der Waals surface area contributed by atoms with Crippen LogP contribution in [0.5, 0.6) is 5.75 Å². The molecule has 0 bridgehead atoms. The van der Waals surface area contributed by atoms with E-state index in [9.17, 15) is 8.42 Å². The van der Waals surface area contributed by atoms with Crippen LogP contribution in [-0.2, 0) is 10.3 Å². The number of nitrogens with zero attached hydrogens (tertiary/aromatic N) is 1. The summed E-state index contributed by atoms with van der Waals surface area (Å²) in [6.45, 7) is 0. The van der Waals surface area contributed by atoms with Gasteiger partial charge in [0.15, 0.2) is 5.75 Å². The van der Waals surface area contributed by atoms with Crippen molar-refractivity contribution in [3.63, 3.8) is 0 Å². The highest BCUT2D eigenvalue weighted by Crippen LogP contribution is 2.35. The normalized spacial score (nSPS) is 22.3. The highest BCUT2D eigenvalue weighted by Gasteiger charge is 2.30. The molecule has 0 amide bonds. The van der Waals surface area contributed by atoms with E-state index in [1.165, 1.54) is 12.5 Å². The van der Waals surface area contributed by atoms with E-state index in [1.807, 2.05) is 0 Å². The molecule has 102 valence electrons. The van der Waals surface area contributed by atoms with Crippen molar-refractivity contribution in [3.05, 3.63) is 28.8 Å². The average Bonchev–Trinajstić information content (AvgIpc) is 2.37. The Bertz CT molecular complexity index is 633. The fourth-order valence-corrected chi connectivity index (χ4v) is 3.80. The van der Waals surface area contributed by atoms with E-state index >= 15 is 0 Å². The summed E-state index contributed by atoms with van der Waals surface area (Å²) >= 11 is 5.89. The Kier molecular flexibility index (Phi) is 3.27. The zero-order valence-corrected chi connectivity index (χ0v) is 11.9. The lowest BCUT2D eigenvalue weighted by Gasteiger charge is -2.26. The Labute approximate surface area is 117 Å². The molecule has 0 atom stereocenters. The first-order valence-electron chi connectivity index (χ1n) is 6.39. The van der Waals surface area contributed by atoms with E-state index in [0.717, 1.165) is 31.2 Å². The summed E-state index contributed by atoms with van der Waals surface area (Å²) in [5.74, 6) is 0.496. The van der Waals surface area contributed by atoms with Gasteiger partial charge in [-0.05, 0) is 25.0 Å². The zero-order chi connectivity index (χ0) is 13.5. The van der Waals surface area contributed by atoms with Crippen molar-refractivity contribution >= 4 is 27.6 Å². The molecule has 1 aromatic rings. The monoisotopic (exact) mass is 299 g/mol. The van der Waals surface area contributed by atoms with Crippen LogP contribution in [0.15, 0.2) is 22.6 Å². The van der Waals surface area contributed by atoms with Gasteiger partial charge in [-0.3, -0.25) is 0 Å². The first kappa shape index (κ1) is 12.9. The number of rotatable bonds is 1. The zero-order valence-electron chi connectivity index (χ0n) is 10.3. The van der Waals surface area contributed by atoms with E-state index in [1.54, 1.807) is 12.1 Å². The Hall–Kier alpha value is -1.07. The Morgan fingerprint density at radius 1 is 1.21 bits per heavy atom. The molecule has 1 aliphatic carbocycles. The van der Waals surface area contributed by atoms with Gasteiger partial charge in [-0.25, -0.2) is 0 Å².